The van der Waals surface area contributed by atoms with E-state index in [1.807, 2.05) is 0 Å². The number of nitrogens with two attached hydrogens (primary N) is 3. The van der Waals surface area contributed by atoms with Crippen LogP contribution in [0.1, 0.15) is 60.4 Å². The summed E-state index contributed by atoms with van der Waals surface area (Å²) in [6.07, 6.45) is -2.03. The minimum atomic E-state index is -3.76. The third-order valence-electron chi connectivity index (χ3n) is 14.1. The van der Waals surface area contributed by atoms with Gasteiger partial charge in [0.1, 0.15) is 41.7 Å². The number of benzene rings is 5. The quantitative estimate of drug-likeness (QED) is 0.0370. The van der Waals surface area contributed by atoms with Crippen molar-refractivity contribution in [3.05, 3.63) is 160 Å². The van der Waals surface area contributed by atoms with Crippen molar-refractivity contribution in [3.63, 3.8) is 0 Å². The minimum Gasteiger partial charge on any atom is -0.508 e. The zero-order chi connectivity index (χ0) is 62.5. The van der Waals surface area contributed by atoms with E-state index in [0.717, 1.165) is 21.6 Å². The van der Waals surface area contributed by atoms with Gasteiger partial charge in [-0.15, -0.1) is 0 Å². The average molecular weight is 1260 g/mol. The van der Waals surface area contributed by atoms with E-state index in [2.05, 4.69) is 31.9 Å². The Morgan fingerprint density at radius 2 is 1.22 bits per heavy atom. The lowest BCUT2D eigenvalue weighted by Gasteiger charge is -2.29. The number of carbonyl (C=O) groups is 8. The van der Waals surface area contributed by atoms with Crippen LogP contribution in [0.4, 0.5) is 0 Å². The van der Waals surface area contributed by atoms with Gasteiger partial charge in [0.05, 0.1) is 28.8 Å². The van der Waals surface area contributed by atoms with E-state index >= 15 is 0 Å². The van der Waals surface area contributed by atoms with Gasteiger partial charge in [-0.1, -0.05) is 112 Å². The molecule has 0 saturated carbocycles. The number of carbonyl (C=O) groups excluding carboxylic acids is 8. The van der Waals surface area contributed by atoms with Crippen LogP contribution in [-0.4, -0.2) is 137 Å². The van der Waals surface area contributed by atoms with Gasteiger partial charge in [-0.2, -0.15) is 0 Å². The van der Waals surface area contributed by atoms with Gasteiger partial charge in [0.15, 0.2) is 15.6 Å². The van der Waals surface area contributed by atoms with E-state index in [1.165, 1.54) is 55.5 Å². The first-order valence-electron chi connectivity index (χ1n) is 27.7. The summed E-state index contributed by atoms with van der Waals surface area (Å²) in [7, 11) is -1.80. The molecule has 460 valence electrons. The summed E-state index contributed by atoms with van der Waals surface area (Å²) >= 11 is 6.09. The molecule has 6 rings (SSSR count). The molecule has 0 radical (unpaired) electrons. The second-order valence-electron chi connectivity index (χ2n) is 20.9. The maximum absolute atomic E-state index is 15.0. The molecule has 26 heteroatoms. The third kappa shape index (κ3) is 21.2. The molecule has 1 fully saturated rings. The summed E-state index contributed by atoms with van der Waals surface area (Å²) in [5.74, 6) is -9.22. The topological polar surface area (TPSA) is 382 Å². The summed E-state index contributed by atoms with van der Waals surface area (Å²) in [4.78, 5) is 115. The lowest BCUT2D eigenvalue weighted by molar-refractivity contribution is -0.137. The number of rotatable bonds is 21. The lowest BCUT2D eigenvalue weighted by Crippen LogP contribution is -2.62. The monoisotopic (exact) mass is 1260 g/mol. The van der Waals surface area contributed by atoms with Crippen molar-refractivity contribution < 1.29 is 62.1 Å². The summed E-state index contributed by atoms with van der Waals surface area (Å²) in [5.41, 5.74) is 20.5. The molecule has 0 spiro atoms. The van der Waals surface area contributed by atoms with Crippen molar-refractivity contribution in [1.82, 2.24) is 31.9 Å². The van der Waals surface area contributed by atoms with Crippen molar-refractivity contribution in [2.75, 3.05) is 18.1 Å². The van der Waals surface area contributed by atoms with Gasteiger partial charge in [-0.25, -0.2) is 8.42 Å². The maximum Gasteiger partial charge on any atom is 0.245 e. The number of phenolic OH excluding ortho intramolecular Hbond substituents is 2. The van der Waals surface area contributed by atoms with Crippen LogP contribution < -0.4 is 49.1 Å². The molecule has 0 aliphatic carbocycles. The minimum absolute atomic E-state index is 0.0357. The molecule has 5 aromatic carbocycles. The molecule has 5 aromatic rings. The molecule has 1 aliphatic rings. The molecule has 9 atom stereocenters. The van der Waals surface area contributed by atoms with Gasteiger partial charge in [-0.3, -0.25) is 38.4 Å². The summed E-state index contributed by atoms with van der Waals surface area (Å²) in [6, 6.07) is 22.3. The lowest BCUT2D eigenvalue weighted by atomic mass is 9.90. The standard InChI is InChI=1S/C60H72ClN9O13S3/c1-35(71)53-60(81)69-51(59(80)66-48(54(64)75)29-39-18-24-44(73)25-19-39)33-85-84-32-50(68-56(77)46(63)28-37-14-20-42(61)21-15-37)52(74)31-41(27-36-16-22-43(72)23-17-36)55(76)67-49(58(79)65-47(57(78)70-53)9-5-6-26-62)30-38-10-12-40(13-11-38)34-86(82,83)45-7-3-2-4-8-45/h2-4,7-8,10-25,35,41,46-51,53,71-73H,5-6,9,26-34,62-63H2,1H3,(H2,64,75)(H,65,79)(H,66,80)(H,67,76)(H,68,77)(H,69,81)(H,70,78)/t35-,41-,46+,47+,48-,49-,50-,51+,53+/m1/s1. The predicted molar refractivity (Wildman–Crippen MR) is 328 cm³/mol. The summed E-state index contributed by atoms with van der Waals surface area (Å²) in [6.45, 7) is 1.41. The maximum atomic E-state index is 15.0. The van der Waals surface area contributed by atoms with Gasteiger partial charge in [0.25, 0.3) is 0 Å². The van der Waals surface area contributed by atoms with Gasteiger partial charge in [0.2, 0.25) is 41.4 Å². The summed E-state index contributed by atoms with van der Waals surface area (Å²) in [5, 5.41) is 47.4. The molecular weight excluding hydrogens is 1190 g/mol. The predicted octanol–water partition coefficient (Wildman–Crippen LogP) is 2.20. The zero-order valence-corrected chi connectivity index (χ0v) is 50.3. The van der Waals surface area contributed by atoms with Crippen LogP contribution >= 0.6 is 33.2 Å². The number of phenols is 2. The molecule has 1 aliphatic heterocycles. The van der Waals surface area contributed by atoms with Crippen molar-refractivity contribution in [1.29, 1.82) is 0 Å². The fraction of sp³-hybridized carbons (Fsp3) is 0.367. The number of hydrogen-bond acceptors (Lipinski definition) is 17. The number of aliphatic hydroxyl groups excluding tert-OH is 1. The van der Waals surface area contributed by atoms with Crippen molar-refractivity contribution in [2.45, 2.75) is 117 Å². The number of unbranched alkanes of at least 4 members (excludes halogenated alkanes) is 1. The summed E-state index contributed by atoms with van der Waals surface area (Å²) < 4.78 is 26.6. The van der Waals surface area contributed by atoms with Gasteiger partial charge in [-0.05, 0) is 122 Å². The number of aliphatic hydroxyl groups is 1. The SMILES string of the molecule is C[C@@H](O)[C@@H]1NC(=O)[C@H](CCCCN)NC(=O)[C@@H](Cc2ccc(CS(=O)(=O)c3ccccc3)cc2)NC(=O)[C@H](Cc2ccc(O)cc2)CC(=O)[C@H](NC(=O)[C@@H](N)Cc2ccc(Cl)cc2)CSSC[C@@H](C(=O)N[C@H](Cc2ccc(O)cc2)C(N)=O)NC1=O. The molecule has 1 heterocycles. The Morgan fingerprint density at radius 3 is 1.84 bits per heavy atom. The Labute approximate surface area is 511 Å². The van der Waals surface area contributed by atoms with E-state index in [0.29, 0.717) is 39.3 Å². The first-order chi connectivity index (χ1) is 41.0. The smallest absolute Gasteiger partial charge is 0.245 e. The fourth-order valence-corrected chi connectivity index (χ4v) is 13.0. The molecule has 7 amide bonds. The van der Waals surface area contributed by atoms with Crippen molar-refractivity contribution in [3.8, 4) is 11.5 Å². The van der Waals surface area contributed by atoms with Crippen LogP contribution in [0.3, 0.4) is 0 Å². The van der Waals surface area contributed by atoms with Crippen LogP contribution in [0.2, 0.25) is 5.02 Å². The normalized spacial score (nSPS) is 20.6. The molecule has 1 saturated heterocycles. The molecule has 86 heavy (non-hydrogen) atoms. The molecule has 0 aromatic heterocycles. The molecular formula is C60H72ClN9O13S3. The number of nitrogens with one attached hydrogen (secondary N) is 6. The third-order valence-corrected chi connectivity index (χ3v) is 18.4. The van der Waals surface area contributed by atoms with Crippen molar-refractivity contribution in [2.24, 2.45) is 23.1 Å². The number of ketones is 1. The number of primary amides is 1. The van der Waals surface area contributed by atoms with E-state index in [-0.39, 0.29) is 78.7 Å². The highest BCUT2D eigenvalue weighted by Gasteiger charge is 2.37. The molecule has 15 N–H and O–H groups in total. The Kier molecular flexibility index (Phi) is 25.8. The Bertz CT molecular complexity index is 3240. The van der Waals surface area contributed by atoms with Gasteiger partial charge >= 0.3 is 0 Å². The Balaban J connectivity index is 1.39. The number of aromatic hydroxyl groups is 2. The number of halogens is 1. The highest BCUT2D eigenvalue weighted by atomic mass is 35.5. The number of Topliss-reactive ketones (excluding diaryl/α,β-unsaturated/α-hetero) is 1. The molecule has 0 bridgehead atoms. The number of hydrogen-bond donors (Lipinski definition) is 12. The first-order valence-corrected chi connectivity index (χ1v) is 32.2. The highest BCUT2D eigenvalue weighted by molar-refractivity contribution is 8.76. The molecule has 0 unspecified atom stereocenters. The van der Waals surface area contributed by atoms with Crippen molar-refractivity contribution >= 4 is 90.2 Å². The highest BCUT2D eigenvalue weighted by Crippen LogP contribution is 2.26. The zero-order valence-electron chi connectivity index (χ0n) is 47.1. The average Bonchev–Trinajstić information content (AvgIpc) is 3.00. The number of sulfone groups is 1. The molecule has 22 nitrogen and oxygen atoms in total. The Morgan fingerprint density at radius 1 is 0.674 bits per heavy atom. The van der Waals surface area contributed by atoms with E-state index in [4.69, 9.17) is 28.8 Å². The van der Waals surface area contributed by atoms with Crippen LogP contribution in [0.5, 0.6) is 11.5 Å². The van der Waals surface area contributed by atoms with E-state index in [9.17, 15) is 62.1 Å². The van der Waals surface area contributed by atoms with E-state index in [1.54, 1.807) is 78.9 Å². The van der Waals surface area contributed by atoms with Gasteiger partial charge in [0, 0.05) is 41.7 Å². The van der Waals surface area contributed by atoms with Crippen LogP contribution in [0.25, 0.3) is 0 Å². The first kappa shape index (κ1) is 67.6. The van der Waals surface area contributed by atoms with Gasteiger partial charge < -0.3 is 64.4 Å². The second kappa shape index (κ2) is 32.8. The largest absolute Gasteiger partial charge is 0.508 e. The second-order valence-corrected chi connectivity index (χ2v) is 25.9. The van der Waals surface area contributed by atoms with E-state index < -0.39 is 118 Å². The van der Waals surface area contributed by atoms with Crippen LogP contribution in [0, 0.1) is 5.92 Å². The van der Waals surface area contributed by atoms with Crippen LogP contribution in [0.15, 0.2) is 132 Å². The number of amides is 7. The Hall–Kier alpha value is -7.52. The van der Waals surface area contributed by atoms with Crippen LogP contribution in [-0.2, 0) is 79.6 Å². The fourth-order valence-electron chi connectivity index (χ4n) is 9.19.